The first kappa shape index (κ1) is 18.5. The number of carbonyl (C=O) groups is 1. The third-order valence-electron chi connectivity index (χ3n) is 4.19. The fraction of sp³-hybridized carbons (Fsp3) is 0.174. The molecular formula is C23H23NO3. The molecule has 4 nitrogen and oxygen atoms in total. The molecule has 0 fully saturated rings. The topological polar surface area (TPSA) is 38.8 Å². The maximum Gasteiger partial charge on any atom is 0.261 e. The minimum absolute atomic E-state index is 0.0210. The highest BCUT2D eigenvalue weighted by Gasteiger charge is 2.15. The molecule has 3 rings (SSSR count). The van der Waals surface area contributed by atoms with Crippen LogP contribution in [0.25, 0.3) is 0 Å². The van der Waals surface area contributed by atoms with Crippen molar-refractivity contribution >= 4 is 5.91 Å². The van der Waals surface area contributed by atoms with E-state index in [0.717, 1.165) is 11.1 Å². The molecule has 0 radical (unpaired) electrons. The van der Waals surface area contributed by atoms with Gasteiger partial charge in [0, 0.05) is 19.2 Å². The minimum atomic E-state index is -0.0643. The van der Waals surface area contributed by atoms with Crippen LogP contribution in [-0.2, 0) is 17.9 Å². The first-order valence-corrected chi connectivity index (χ1v) is 8.87. The lowest BCUT2D eigenvalue weighted by atomic mass is 10.1. The molecule has 3 aromatic rings. The predicted molar refractivity (Wildman–Crippen MR) is 106 cm³/mol. The molecular weight excluding hydrogens is 338 g/mol. The second-order valence-corrected chi connectivity index (χ2v) is 6.19. The summed E-state index contributed by atoms with van der Waals surface area (Å²) in [4.78, 5) is 14.7. The van der Waals surface area contributed by atoms with Gasteiger partial charge in [0.25, 0.3) is 5.91 Å². The predicted octanol–water partition coefficient (Wildman–Crippen LogP) is 4.30. The number of amides is 1. The summed E-state index contributed by atoms with van der Waals surface area (Å²) in [5.74, 6) is 1.25. The molecule has 0 saturated carbocycles. The van der Waals surface area contributed by atoms with Gasteiger partial charge in [-0.05, 0) is 23.3 Å². The third kappa shape index (κ3) is 5.61. The Balaban J connectivity index is 1.69. The van der Waals surface area contributed by atoms with Crippen LogP contribution in [0.4, 0.5) is 0 Å². The van der Waals surface area contributed by atoms with Crippen molar-refractivity contribution < 1.29 is 14.3 Å². The van der Waals surface area contributed by atoms with Gasteiger partial charge in [0.15, 0.2) is 6.61 Å². The van der Waals surface area contributed by atoms with Gasteiger partial charge in [-0.25, -0.2) is 0 Å². The molecule has 0 aromatic heterocycles. The van der Waals surface area contributed by atoms with Crippen molar-refractivity contribution in [1.29, 1.82) is 0 Å². The van der Waals surface area contributed by atoms with E-state index in [-0.39, 0.29) is 12.5 Å². The summed E-state index contributed by atoms with van der Waals surface area (Å²) in [7, 11) is 1.60. The van der Waals surface area contributed by atoms with E-state index >= 15 is 0 Å². The summed E-state index contributed by atoms with van der Waals surface area (Å²) in [6, 6.07) is 27.2. The summed E-state index contributed by atoms with van der Waals surface area (Å²) in [5.41, 5.74) is 2.17. The molecule has 0 unspecified atom stereocenters. The van der Waals surface area contributed by atoms with Crippen molar-refractivity contribution in [2.75, 3.05) is 13.7 Å². The standard InChI is InChI=1S/C23H23NO3/c1-26-21-13-8-14-22(15-21)27-18-23(25)24(16-19-9-4-2-5-10-19)17-20-11-6-3-7-12-20/h2-15H,16-18H2,1H3. The first-order chi connectivity index (χ1) is 13.2. The fourth-order valence-electron chi connectivity index (χ4n) is 2.77. The summed E-state index contributed by atoms with van der Waals surface area (Å²) in [6.45, 7) is 1.05. The molecule has 0 aliphatic carbocycles. The summed E-state index contributed by atoms with van der Waals surface area (Å²) in [5, 5.41) is 0. The third-order valence-corrected chi connectivity index (χ3v) is 4.19. The van der Waals surface area contributed by atoms with Gasteiger partial charge < -0.3 is 14.4 Å². The van der Waals surface area contributed by atoms with E-state index in [4.69, 9.17) is 9.47 Å². The van der Waals surface area contributed by atoms with Gasteiger partial charge in [0.1, 0.15) is 11.5 Å². The van der Waals surface area contributed by atoms with Crippen LogP contribution in [0.5, 0.6) is 11.5 Å². The Hall–Kier alpha value is -3.27. The van der Waals surface area contributed by atoms with Crippen LogP contribution in [0, 0.1) is 0 Å². The van der Waals surface area contributed by atoms with E-state index in [1.807, 2.05) is 83.8 Å². The number of hydrogen-bond acceptors (Lipinski definition) is 3. The zero-order valence-electron chi connectivity index (χ0n) is 15.4. The summed E-state index contributed by atoms with van der Waals surface area (Å²) >= 11 is 0. The number of nitrogens with zero attached hydrogens (tertiary/aromatic N) is 1. The van der Waals surface area contributed by atoms with Crippen molar-refractivity contribution in [1.82, 2.24) is 4.90 Å². The number of rotatable bonds is 8. The van der Waals surface area contributed by atoms with Gasteiger partial charge in [-0.2, -0.15) is 0 Å². The number of methoxy groups -OCH3 is 1. The highest BCUT2D eigenvalue weighted by Crippen LogP contribution is 2.19. The van der Waals surface area contributed by atoms with Gasteiger partial charge >= 0.3 is 0 Å². The molecule has 0 aliphatic rings. The average Bonchev–Trinajstić information content (AvgIpc) is 2.73. The van der Waals surface area contributed by atoms with Gasteiger partial charge in [-0.3, -0.25) is 4.79 Å². The maximum absolute atomic E-state index is 12.8. The lowest BCUT2D eigenvalue weighted by Gasteiger charge is -2.23. The molecule has 0 bridgehead atoms. The Kier molecular flexibility index (Phi) is 6.47. The molecule has 3 aromatic carbocycles. The molecule has 0 heterocycles. The lowest BCUT2D eigenvalue weighted by Crippen LogP contribution is -2.34. The van der Waals surface area contributed by atoms with Crippen LogP contribution < -0.4 is 9.47 Å². The number of benzene rings is 3. The lowest BCUT2D eigenvalue weighted by molar-refractivity contribution is -0.134. The van der Waals surface area contributed by atoms with Gasteiger partial charge in [0.2, 0.25) is 0 Å². The zero-order chi connectivity index (χ0) is 18.9. The molecule has 4 heteroatoms. The molecule has 1 amide bonds. The van der Waals surface area contributed by atoms with Crippen LogP contribution >= 0.6 is 0 Å². The second kappa shape index (κ2) is 9.43. The van der Waals surface area contributed by atoms with E-state index in [1.165, 1.54) is 0 Å². The largest absolute Gasteiger partial charge is 0.497 e. The minimum Gasteiger partial charge on any atom is -0.497 e. The van der Waals surface area contributed by atoms with Gasteiger partial charge in [0.05, 0.1) is 7.11 Å². The van der Waals surface area contributed by atoms with E-state index in [2.05, 4.69) is 0 Å². The fourth-order valence-corrected chi connectivity index (χ4v) is 2.77. The normalized spacial score (nSPS) is 10.3. The quantitative estimate of drug-likeness (QED) is 0.600. The van der Waals surface area contributed by atoms with E-state index < -0.39 is 0 Å². The van der Waals surface area contributed by atoms with Crippen LogP contribution in [0.2, 0.25) is 0 Å². The Labute approximate surface area is 160 Å². The number of hydrogen-bond donors (Lipinski definition) is 0. The smallest absolute Gasteiger partial charge is 0.261 e. The zero-order valence-corrected chi connectivity index (χ0v) is 15.4. The number of ether oxygens (including phenoxy) is 2. The van der Waals surface area contributed by atoms with Crippen molar-refractivity contribution in [3.8, 4) is 11.5 Å². The molecule has 0 aliphatic heterocycles. The van der Waals surface area contributed by atoms with E-state index in [9.17, 15) is 4.79 Å². The van der Waals surface area contributed by atoms with Crippen molar-refractivity contribution in [3.63, 3.8) is 0 Å². The van der Waals surface area contributed by atoms with Crippen LogP contribution in [0.15, 0.2) is 84.9 Å². The van der Waals surface area contributed by atoms with Crippen molar-refractivity contribution in [3.05, 3.63) is 96.1 Å². The highest BCUT2D eigenvalue weighted by molar-refractivity contribution is 5.77. The van der Waals surface area contributed by atoms with Crippen LogP contribution in [0.1, 0.15) is 11.1 Å². The van der Waals surface area contributed by atoms with Crippen LogP contribution in [-0.4, -0.2) is 24.5 Å². The Morgan fingerprint density at radius 2 is 1.33 bits per heavy atom. The summed E-state index contributed by atoms with van der Waals surface area (Å²) < 4.78 is 10.9. The van der Waals surface area contributed by atoms with E-state index in [0.29, 0.717) is 24.6 Å². The Morgan fingerprint density at radius 1 is 0.778 bits per heavy atom. The van der Waals surface area contributed by atoms with Crippen molar-refractivity contribution in [2.45, 2.75) is 13.1 Å². The molecule has 0 N–H and O–H groups in total. The Morgan fingerprint density at radius 3 is 1.89 bits per heavy atom. The summed E-state index contributed by atoms with van der Waals surface area (Å²) in [6.07, 6.45) is 0. The molecule has 0 saturated heterocycles. The molecule has 0 spiro atoms. The van der Waals surface area contributed by atoms with Crippen LogP contribution in [0.3, 0.4) is 0 Å². The van der Waals surface area contributed by atoms with Crippen molar-refractivity contribution in [2.24, 2.45) is 0 Å². The van der Waals surface area contributed by atoms with E-state index in [1.54, 1.807) is 13.2 Å². The highest BCUT2D eigenvalue weighted by atomic mass is 16.5. The molecule has 0 atom stereocenters. The molecule has 138 valence electrons. The van der Waals surface area contributed by atoms with Gasteiger partial charge in [-0.15, -0.1) is 0 Å². The maximum atomic E-state index is 12.8. The number of carbonyl (C=O) groups excluding carboxylic acids is 1. The monoisotopic (exact) mass is 361 g/mol. The Bertz CT molecular complexity index is 808. The SMILES string of the molecule is COc1cccc(OCC(=O)N(Cc2ccccc2)Cc2ccccc2)c1. The molecule has 27 heavy (non-hydrogen) atoms. The van der Waals surface area contributed by atoms with Gasteiger partial charge in [-0.1, -0.05) is 66.7 Å². The average molecular weight is 361 g/mol. The first-order valence-electron chi connectivity index (χ1n) is 8.87. The second-order valence-electron chi connectivity index (χ2n) is 6.19.